The number of nitrogens with zero attached hydrogens (tertiary/aromatic N) is 1. The molecule has 0 radical (unpaired) electrons. The molecule has 1 fully saturated rings. The average Bonchev–Trinajstić information content (AvgIpc) is 3.30. The maximum atomic E-state index is 6.07. The molecule has 112 valence electrons. The van der Waals surface area contributed by atoms with Crippen LogP contribution in [0.2, 0.25) is 0 Å². The first kappa shape index (κ1) is 15.9. The Hall–Kier alpha value is -0.510. The fourth-order valence-corrected chi connectivity index (χ4v) is 3.35. The van der Waals surface area contributed by atoms with Crippen molar-refractivity contribution in [1.82, 2.24) is 4.90 Å². The summed E-state index contributed by atoms with van der Waals surface area (Å²) in [6.07, 6.45) is 6.11. The summed E-state index contributed by atoms with van der Waals surface area (Å²) in [5.74, 6) is 2.03. The Morgan fingerprint density at radius 1 is 1.40 bits per heavy atom. The molecule has 2 atom stereocenters. The van der Waals surface area contributed by atoms with E-state index in [4.69, 9.17) is 5.73 Å². The fraction of sp³-hybridized carbons (Fsp3) is 0.647. The SMILES string of the molecule is CSCCC(C)N(C)C(CN)c1cccc(C2CC2)c1. The predicted molar refractivity (Wildman–Crippen MR) is 90.4 cm³/mol. The fourth-order valence-electron chi connectivity index (χ4n) is 2.77. The van der Waals surface area contributed by atoms with Crippen LogP contribution in [0.15, 0.2) is 24.3 Å². The van der Waals surface area contributed by atoms with Gasteiger partial charge in [0.05, 0.1) is 0 Å². The molecular weight excluding hydrogens is 264 g/mol. The maximum absolute atomic E-state index is 6.07. The van der Waals surface area contributed by atoms with E-state index in [1.807, 2.05) is 11.8 Å². The molecule has 1 saturated carbocycles. The van der Waals surface area contributed by atoms with Crippen LogP contribution in [0.1, 0.15) is 49.3 Å². The number of thioether (sulfide) groups is 1. The van der Waals surface area contributed by atoms with E-state index < -0.39 is 0 Å². The van der Waals surface area contributed by atoms with E-state index in [1.54, 1.807) is 0 Å². The van der Waals surface area contributed by atoms with Gasteiger partial charge in [0.2, 0.25) is 0 Å². The summed E-state index contributed by atoms with van der Waals surface area (Å²) in [6, 6.07) is 10.00. The van der Waals surface area contributed by atoms with Crippen molar-refractivity contribution in [3.63, 3.8) is 0 Å². The minimum Gasteiger partial charge on any atom is -0.329 e. The summed E-state index contributed by atoms with van der Waals surface area (Å²) in [4.78, 5) is 2.45. The summed E-state index contributed by atoms with van der Waals surface area (Å²) < 4.78 is 0. The Morgan fingerprint density at radius 3 is 2.75 bits per heavy atom. The van der Waals surface area contributed by atoms with Gasteiger partial charge in [0.25, 0.3) is 0 Å². The molecule has 2 nitrogen and oxygen atoms in total. The second-order valence-electron chi connectivity index (χ2n) is 5.99. The van der Waals surface area contributed by atoms with Crippen LogP contribution in [0.25, 0.3) is 0 Å². The van der Waals surface area contributed by atoms with E-state index in [2.05, 4.69) is 49.4 Å². The van der Waals surface area contributed by atoms with Crippen LogP contribution in [0.3, 0.4) is 0 Å². The zero-order valence-electron chi connectivity index (χ0n) is 13.0. The summed E-state index contributed by atoms with van der Waals surface area (Å²) in [7, 11) is 2.21. The number of rotatable bonds is 8. The van der Waals surface area contributed by atoms with Crippen LogP contribution in [0.4, 0.5) is 0 Å². The molecule has 0 saturated heterocycles. The third-order valence-electron chi connectivity index (χ3n) is 4.49. The smallest absolute Gasteiger partial charge is 0.0470 e. The van der Waals surface area contributed by atoms with Crippen molar-refractivity contribution in [2.45, 2.75) is 44.2 Å². The van der Waals surface area contributed by atoms with Crippen molar-refractivity contribution < 1.29 is 0 Å². The van der Waals surface area contributed by atoms with Crippen LogP contribution in [0, 0.1) is 0 Å². The molecule has 0 bridgehead atoms. The first-order valence-electron chi connectivity index (χ1n) is 7.68. The van der Waals surface area contributed by atoms with E-state index in [-0.39, 0.29) is 0 Å². The molecule has 0 aromatic heterocycles. The predicted octanol–water partition coefficient (Wildman–Crippen LogP) is 3.64. The average molecular weight is 292 g/mol. The molecule has 0 heterocycles. The Labute approximate surface area is 128 Å². The van der Waals surface area contributed by atoms with Crippen molar-refractivity contribution in [1.29, 1.82) is 0 Å². The topological polar surface area (TPSA) is 29.3 Å². The Balaban J connectivity index is 2.07. The molecule has 2 rings (SSSR count). The molecule has 3 heteroatoms. The van der Waals surface area contributed by atoms with Crippen LogP contribution < -0.4 is 5.73 Å². The molecule has 0 aliphatic heterocycles. The Morgan fingerprint density at radius 2 is 2.15 bits per heavy atom. The molecule has 0 amide bonds. The third kappa shape index (κ3) is 4.00. The van der Waals surface area contributed by atoms with Crippen molar-refractivity contribution in [3.05, 3.63) is 35.4 Å². The number of hydrogen-bond donors (Lipinski definition) is 1. The Kier molecular flexibility index (Phi) is 5.94. The van der Waals surface area contributed by atoms with Crippen molar-refractivity contribution >= 4 is 11.8 Å². The zero-order chi connectivity index (χ0) is 14.5. The summed E-state index contributed by atoms with van der Waals surface area (Å²) in [5, 5.41) is 0. The molecule has 2 N–H and O–H groups in total. The standard InChI is InChI=1S/C17H28N2S/c1-13(9-10-20-3)19(2)17(12-18)16-6-4-5-15(11-16)14-7-8-14/h4-6,11,13-14,17H,7-10,12,18H2,1-3H3. The summed E-state index contributed by atoms with van der Waals surface area (Å²) >= 11 is 1.92. The molecule has 0 spiro atoms. The lowest BCUT2D eigenvalue weighted by molar-refractivity contribution is 0.185. The van der Waals surface area contributed by atoms with E-state index in [1.165, 1.54) is 36.1 Å². The highest BCUT2D eigenvalue weighted by atomic mass is 32.2. The van der Waals surface area contributed by atoms with Gasteiger partial charge >= 0.3 is 0 Å². The van der Waals surface area contributed by atoms with Crippen LogP contribution in [0.5, 0.6) is 0 Å². The third-order valence-corrected chi connectivity index (χ3v) is 5.14. The highest BCUT2D eigenvalue weighted by Crippen LogP contribution is 2.40. The first-order chi connectivity index (χ1) is 9.67. The Bertz CT molecular complexity index is 417. The summed E-state index contributed by atoms with van der Waals surface area (Å²) in [6.45, 7) is 3.00. The molecule has 20 heavy (non-hydrogen) atoms. The van der Waals surface area contributed by atoms with Gasteiger partial charge in [-0.1, -0.05) is 24.3 Å². The van der Waals surface area contributed by atoms with E-state index in [0.717, 1.165) is 5.92 Å². The van der Waals surface area contributed by atoms with Crippen LogP contribution in [-0.4, -0.2) is 36.5 Å². The largest absolute Gasteiger partial charge is 0.329 e. The van der Waals surface area contributed by atoms with Gasteiger partial charge in [-0.15, -0.1) is 0 Å². The van der Waals surface area contributed by atoms with E-state index >= 15 is 0 Å². The van der Waals surface area contributed by atoms with Gasteiger partial charge < -0.3 is 5.73 Å². The molecule has 2 unspecified atom stereocenters. The lowest BCUT2D eigenvalue weighted by atomic mass is 9.99. The normalized spacial score (nSPS) is 18.2. The van der Waals surface area contributed by atoms with Gasteiger partial charge in [0, 0.05) is 18.6 Å². The first-order valence-corrected chi connectivity index (χ1v) is 9.07. The molecule has 1 aliphatic carbocycles. The highest BCUT2D eigenvalue weighted by Gasteiger charge is 2.25. The molecule has 1 aliphatic rings. The number of hydrogen-bond acceptors (Lipinski definition) is 3. The van der Waals surface area contributed by atoms with Gasteiger partial charge in [-0.3, -0.25) is 4.90 Å². The summed E-state index contributed by atoms with van der Waals surface area (Å²) in [5.41, 5.74) is 8.96. The lowest BCUT2D eigenvalue weighted by Crippen LogP contribution is -2.37. The number of benzene rings is 1. The lowest BCUT2D eigenvalue weighted by Gasteiger charge is -2.33. The highest BCUT2D eigenvalue weighted by molar-refractivity contribution is 7.98. The van der Waals surface area contributed by atoms with E-state index in [0.29, 0.717) is 18.6 Å². The zero-order valence-corrected chi connectivity index (χ0v) is 13.8. The van der Waals surface area contributed by atoms with Crippen molar-refractivity contribution in [2.24, 2.45) is 5.73 Å². The second-order valence-corrected chi connectivity index (χ2v) is 6.98. The van der Waals surface area contributed by atoms with Crippen molar-refractivity contribution in [2.75, 3.05) is 25.6 Å². The molecule has 1 aromatic rings. The van der Waals surface area contributed by atoms with Gasteiger partial charge in [0.1, 0.15) is 0 Å². The van der Waals surface area contributed by atoms with Crippen LogP contribution >= 0.6 is 11.8 Å². The quantitative estimate of drug-likeness (QED) is 0.793. The second kappa shape index (κ2) is 7.48. The number of likely N-dealkylation sites (N-methyl/N-ethyl adjacent to an activating group) is 1. The molecular formula is C17H28N2S. The van der Waals surface area contributed by atoms with Gasteiger partial charge in [-0.25, -0.2) is 0 Å². The minimum absolute atomic E-state index is 0.338. The van der Waals surface area contributed by atoms with Gasteiger partial charge in [0.15, 0.2) is 0 Å². The minimum atomic E-state index is 0.338. The van der Waals surface area contributed by atoms with Gasteiger partial charge in [-0.05, 0) is 62.3 Å². The van der Waals surface area contributed by atoms with Crippen LogP contribution in [-0.2, 0) is 0 Å². The number of nitrogens with two attached hydrogens (primary N) is 1. The van der Waals surface area contributed by atoms with Gasteiger partial charge in [-0.2, -0.15) is 11.8 Å². The maximum Gasteiger partial charge on any atom is 0.0470 e. The molecule has 1 aromatic carbocycles. The van der Waals surface area contributed by atoms with Crippen molar-refractivity contribution in [3.8, 4) is 0 Å². The monoisotopic (exact) mass is 292 g/mol. The van der Waals surface area contributed by atoms with E-state index in [9.17, 15) is 0 Å².